The molecular weight excluding hydrogens is 287 g/mol. The molecule has 0 radical (unpaired) electrons. The van der Waals surface area contributed by atoms with E-state index in [9.17, 15) is 4.79 Å². The van der Waals surface area contributed by atoms with Gasteiger partial charge in [0.2, 0.25) is 0 Å². The summed E-state index contributed by atoms with van der Waals surface area (Å²) in [7, 11) is -0.636. The van der Waals surface area contributed by atoms with Gasteiger partial charge in [0.25, 0.3) is 0 Å². The van der Waals surface area contributed by atoms with Crippen LogP contribution in [0.25, 0.3) is 0 Å². The van der Waals surface area contributed by atoms with Crippen LogP contribution in [0.2, 0.25) is 0 Å². The maximum Gasteiger partial charge on any atom is 0.518 e. The molecule has 0 bridgehead atoms. The number of carbonyl (C=O) groups is 1. The number of nitrogens with one attached hydrogen (secondary N) is 1. The topological polar surface area (TPSA) is 82.8 Å². The van der Waals surface area contributed by atoms with Gasteiger partial charge < -0.3 is 18.5 Å². The number of rotatable bonds is 2. The average molecular weight is 310 g/mol. The number of ether oxygens (including phenoxy) is 1. The fraction of sp³-hybridized carbons (Fsp3) is 0.714. The number of nitrogens with zero attached hydrogens (tertiary/aromatic N) is 1. The summed E-state index contributed by atoms with van der Waals surface area (Å²) in [5, 5.41) is 2.43. The minimum atomic E-state index is -0.636. The summed E-state index contributed by atoms with van der Waals surface area (Å²) < 4.78 is 22.1. The number of amides is 1. The van der Waals surface area contributed by atoms with Crippen LogP contribution in [0.4, 0.5) is 10.8 Å². The van der Waals surface area contributed by atoms with Gasteiger partial charge in [-0.3, -0.25) is 0 Å². The van der Waals surface area contributed by atoms with E-state index in [-0.39, 0.29) is 6.01 Å². The minimum absolute atomic E-state index is 0.0407. The predicted octanol–water partition coefficient (Wildman–Crippen LogP) is 2.32. The van der Waals surface area contributed by atoms with Crippen molar-refractivity contribution in [1.82, 2.24) is 4.98 Å². The molecule has 1 aromatic rings. The number of carbonyl (C=O) groups excluding carboxylic acids is 1. The molecule has 22 heavy (non-hydrogen) atoms. The smallest absolute Gasteiger partial charge is 0.443 e. The molecule has 1 aromatic heterocycles. The van der Waals surface area contributed by atoms with Gasteiger partial charge in [0.15, 0.2) is 0 Å². The van der Waals surface area contributed by atoms with E-state index in [1.54, 1.807) is 20.8 Å². The Morgan fingerprint density at radius 3 is 2.27 bits per heavy atom. The van der Waals surface area contributed by atoms with Crippen molar-refractivity contribution in [1.29, 1.82) is 0 Å². The zero-order valence-corrected chi connectivity index (χ0v) is 14.1. The molecule has 1 aliphatic heterocycles. The standard InChI is InChI=1S/C14H23BN2O5/c1-12(2,3)20-11(18)17-10-16-9(8-19-10)15-21-13(4,5)14(6,7)22-15/h8H,1-7H3,(H,16,17,18). The average Bonchev–Trinajstić information content (AvgIpc) is 2.79. The predicted molar refractivity (Wildman–Crippen MR) is 82.1 cm³/mol. The Balaban J connectivity index is 2.03. The van der Waals surface area contributed by atoms with Crippen LogP contribution in [0.1, 0.15) is 48.5 Å². The lowest BCUT2D eigenvalue weighted by Gasteiger charge is -2.32. The first kappa shape index (κ1) is 16.8. The third kappa shape index (κ3) is 3.62. The first-order valence-electron chi connectivity index (χ1n) is 7.21. The quantitative estimate of drug-likeness (QED) is 0.844. The molecule has 122 valence electrons. The zero-order valence-electron chi connectivity index (χ0n) is 14.1. The first-order chi connectivity index (χ1) is 9.90. The summed E-state index contributed by atoms with van der Waals surface area (Å²) in [4.78, 5) is 15.8. The number of anilines is 1. The summed E-state index contributed by atoms with van der Waals surface area (Å²) in [6, 6.07) is 0.0407. The Labute approximate surface area is 130 Å². The zero-order chi connectivity index (χ0) is 16.8. The Hall–Kier alpha value is -1.54. The summed E-state index contributed by atoms with van der Waals surface area (Å²) in [5.74, 6) is 0. The molecule has 2 rings (SSSR count). The number of hydrogen-bond acceptors (Lipinski definition) is 6. The van der Waals surface area contributed by atoms with Crippen LogP contribution in [0.3, 0.4) is 0 Å². The second-order valence-corrected chi connectivity index (χ2v) is 7.29. The third-order valence-corrected chi connectivity index (χ3v) is 3.62. The summed E-state index contributed by atoms with van der Waals surface area (Å²) >= 11 is 0. The van der Waals surface area contributed by atoms with Crippen LogP contribution in [-0.4, -0.2) is 35.0 Å². The van der Waals surface area contributed by atoms with E-state index >= 15 is 0 Å². The van der Waals surface area contributed by atoms with Gasteiger partial charge in [-0.1, -0.05) is 0 Å². The maximum absolute atomic E-state index is 11.7. The van der Waals surface area contributed by atoms with Crippen LogP contribution in [0, 0.1) is 0 Å². The van der Waals surface area contributed by atoms with E-state index in [0.29, 0.717) is 5.59 Å². The highest BCUT2D eigenvalue weighted by Crippen LogP contribution is 2.36. The van der Waals surface area contributed by atoms with Gasteiger partial charge in [0.05, 0.1) is 11.2 Å². The molecule has 1 saturated heterocycles. The number of oxazole rings is 1. The lowest BCUT2D eigenvalue weighted by molar-refractivity contribution is 0.00578. The molecule has 1 aliphatic rings. The second-order valence-electron chi connectivity index (χ2n) is 7.29. The van der Waals surface area contributed by atoms with E-state index < -0.39 is 30.0 Å². The van der Waals surface area contributed by atoms with Crippen molar-refractivity contribution in [2.45, 2.75) is 65.3 Å². The summed E-state index contributed by atoms with van der Waals surface area (Å²) in [6.07, 6.45) is 0.768. The SMILES string of the molecule is CC(C)(C)OC(=O)Nc1nc(B2OC(C)(C)C(C)(C)O2)co1. The van der Waals surface area contributed by atoms with Gasteiger partial charge in [0, 0.05) is 0 Å². The van der Waals surface area contributed by atoms with Crippen molar-refractivity contribution in [3.05, 3.63) is 6.26 Å². The Kier molecular flexibility index (Phi) is 4.04. The number of aromatic nitrogens is 1. The van der Waals surface area contributed by atoms with E-state index in [0.717, 1.165) is 0 Å². The molecule has 0 spiro atoms. The van der Waals surface area contributed by atoms with Crippen LogP contribution < -0.4 is 10.9 Å². The van der Waals surface area contributed by atoms with E-state index in [4.69, 9.17) is 18.5 Å². The summed E-state index contributed by atoms with van der Waals surface area (Å²) in [6.45, 7) is 13.1. The molecule has 1 amide bonds. The molecule has 2 heterocycles. The lowest BCUT2D eigenvalue weighted by Crippen LogP contribution is -2.41. The highest BCUT2D eigenvalue weighted by Gasteiger charge is 2.52. The van der Waals surface area contributed by atoms with Gasteiger partial charge in [-0.05, 0) is 48.5 Å². The van der Waals surface area contributed by atoms with Crippen molar-refractivity contribution in [2.24, 2.45) is 0 Å². The normalized spacial score (nSPS) is 20.0. The Morgan fingerprint density at radius 2 is 1.77 bits per heavy atom. The molecule has 0 unspecified atom stereocenters. The van der Waals surface area contributed by atoms with Crippen LogP contribution in [0.15, 0.2) is 10.7 Å². The molecular formula is C14H23BN2O5. The highest BCUT2D eigenvalue weighted by molar-refractivity contribution is 6.61. The van der Waals surface area contributed by atoms with Gasteiger partial charge in [-0.2, -0.15) is 0 Å². The molecule has 1 N–H and O–H groups in total. The fourth-order valence-electron chi connectivity index (χ4n) is 1.81. The number of hydrogen-bond donors (Lipinski definition) is 1. The molecule has 0 aliphatic carbocycles. The van der Waals surface area contributed by atoms with Crippen molar-refractivity contribution in [2.75, 3.05) is 5.32 Å². The van der Waals surface area contributed by atoms with Gasteiger partial charge in [-0.15, -0.1) is 0 Å². The van der Waals surface area contributed by atoms with Gasteiger partial charge >= 0.3 is 19.2 Å². The van der Waals surface area contributed by atoms with Crippen molar-refractivity contribution >= 4 is 24.8 Å². The van der Waals surface area contributed by atoms with Crippen molar-refractivity contribution in [3.8, 4) is 0 Å². The Morgan fingerprint density at radius 1 is 1.23 bits per heavy atom. The molecule has 8 heteroatoms. The van der Waals surface area contributed by atoms with E-state index in [1.165, 1.54) is 6.26 Å². The first-order valence-corrected chi connectivity index (χ1v) is 7.21. The van der Waals surface area contributed by atoms with E-state index in [1.807, 2.05) is 27.7 Å². The van der Waals surface area contributed by atoms with Crippen molar-refractivity contribution in [3.63, 3.8) is 0 Å². The van der Waals surface area contributed by atoms with E-state index in [2.05, 4.69) is 10.3 Å². The Bertz CT molecular complexity index is 546. The highest BCUT2D eigenvalue weighted by atomic mass is 16.7. The minimum Gasteiger partial charge on any atom is -0.443 e. The van der Waals surface area contributed by atoms with Crippen LogP contribution in [-0.2, 0) is 14.0 Å². The molecule has 0 saturated carbocycles. The second kappa shape index (κ2) is 5.28. The van der Waals surface area contributed by atoms with Crippen LogP contribution in [0.5, 0.6) is 0 Å². The van der Waals surface area contributed by atoms with Gasteiger partial charge in [0.1, 0.15) is 17.5 Å². The van der Waals surface area contributed by atoms with Crippen molar-refractivity contribution < 1.29 is 23.3 Å². The molecule has 0 aromatic carbocycles. The lowest BCUT2D eigenvalue weighted by atomic mass is 9.86. The largest absolute Gasteiger partial charge is 0.518 e. The monoisotopic (exact) mass is 310 g/mol. The summed E-state index contributed by atoms with van der Waals surface area (Å²) in [5.41, 5.74) is -1.06. The molecule has 0 atom stereocenters. The third-order valence-electron chi connectivity index (χ3n) is 3.62. The molecule has 1 fully saturated rings. The fourth-order valence-corrected chi connectivity index (χ4v) is 1.81. The molecule has 7 nitrogen and oxygen atoms in total. The van der Waals surface area contributed by atoms with Crippen LogP contribution >= 0.6 is 0 Å². The van der Waals surface area contributed by atoms with Gasteiger partial charge in [-0.25, -0.2) is 15.1 Å². The maximum atomic E-state index is 11.7.